The summed E-state index contributed by atoms with van der Waals surface area (Å²) in [4.78, 5) is 24.5. The van der Waals surface area contributed by atoms with E-state index in [9.17, 15) is 0 Å². The van der Waals surface area contributed by atoms with Gasteiger partial charge in [-0.3, -0.25) is 0 Å². The third kappa shape index (κ3) is 3.58. The average Bonchev–Trinajstić information content (AvgIpc) is 2.63. The molecule has 0 aromatic rings. The lowest BCUT2D eigenvalue weighted by molar-refractivity contribution is -0.586. The lowest BCUT2D eigenvalue weighted by Gasteiger charge is -2.69. The second-order valence-electron chi connectivity index (χ2n) is 16.8. The van der Waals surface area contributed by atoms with Crippen molar-refractivity contribution in [1.82, 2.24) is 0 Å². The largest absolute Gasteiger partial charge is 0.229 e. The summed E-state index contributed by atoms with van der Waals surface area (Å²) in [6.45, 7) is 31.3. The molecule has 204 valence electrons. The summed E-state index contributed by atoms with van der Waals surface area (Å²) in [6, 6.07) is 0. The van der Waals surface area contributed by atoms with Gasteiger partial charge in [0.1, 0.15) is 23.4 Å². The van der Waals surface area contributed by atoms with E-state index in [0.717, 1.165) is 44.9 Å². The second kappa shape index (κ2) is 7.93. The van der Waals surface area contributed by atoms with Crippen LogP contribution < -0.4 is 0 Å². The Kier molecular flexibility index (Phi) is 6.31. The van der Waals surface area contributed by atoms with Gasteiger partial charge < -0.3 is 0 Å². The fraction of sp³-hybridized carbons (Fsp3) is 1.00. The summed E-state index contributed by atoms with van der Waals surface area (Å²) in [7, 11) is 0. The van der Waals surface area contributed by atoms with Gasteiger partial charge in [0.05, 0.1) is 0 Å². The van der Waals surface area contributed by atoms with Crippen LogP contribution in [0.3, 0.4) is 0 Å². The number of hydrogen-bond acceptors (Lipinski definition) is 4. The molecule has 4 unspecified atom stereocenters. The maximum Gasteiger partial charge on any atom is 0.138 e. The maximum absolute atomic E-state index is 6.25. The van der Waals surface area contributed by atoms with Crippen LogP contribution >= 0.6 is 0 Å². The Labute approximate surface area is 216 Å². The van der Waals surface area contributed by atoms with Gasteiger partial charge in [-0.15, -0.1) is 0 Å². The molecule has 2 heterocycles. The highest BCUT2D eigenvalue weighted by Crippen LogP contribution is 2.70. The third-order valence-electron chi connectivity index (χ3n) is 12.0. The van der Waals surface area contributed by atoms with Crippen LogP contribution in [-0.2, 0) is 19.6 Å². The van der Waals surface area contributed by atoms with E-state index in [1.807, 2.05) is 0 Å². The van der Waals surface area contributed by atoms with E-state index in [4.69, 9.17) is 19.6 Å². The summed E-state index contributed by atoms with van der Waals surface area (Å²) >= 11 is 0. The molecule has 0 N–H and O–H groups in total. The van der Waals surface area contributed by atoms with Gasteiger partial charge in [-0.2, -0.15) is 0 Å². The van der Waals surface area contributed by atoms with Gasteiger partial charge in [0.25, 0.3) is 0 Å². The Bertz CT molecular complexity index is 710. The second-order valence-corrected chi connectivity index (χ2v) is 16.8. The summed E-state index contributed by atoms with van der Waals surface area (Å²) in [5, 5.41) is 0. The Morgan fingerprint density at radius 2 is 0.886 bits per heavy atom. The fourth-order valence-corrected chi connectivity index (χ4v) is 9.95. The maximum atomic E-state index is 6.25. The van der Waals surface area contributed by atoms with Gasteiger partial charge >= 0.3 is 0 Å². The summed E-state index contributed by atoms with van der Waals surface area (Å²) in [5.41, 5.74) is 0.644. The summed E-state index contributed by atoms with van der Waals surface area (Å²) in [6.07, 6.45) is 7.75. The Balaban J connectivity index is 1.65. The first-order valence-electron chi connectivity index (χ1n) is 14.4. The van der Waals surface area contributed by atoms with Crippen molar-refractivity contribution < 1.29 is 19.6 Å². The van der Waals surface area contributed by atoms with Crippen LogP contribution in [0.1, 0.15) is 135 Å². The molecule has 2 saturated carbocycles. The minimum Gasteiger partial charge on any atom is -0.229 e. The minimum absolute atomic E-state index is 0.121. The smallest absolute Gasteiger partial charge is 0.138 e. The van der Waals surface area contributed by atoms with Gasteiger partial charge in [0, 0.05) is 5.92 Å². The first-order valence-corrected chi connectivity index (χ1v) is 14.4. The number of fused-ring (bicyclic) bond motifs is 2. The highest BCUT2D eigenvalue weighted by molar-refractivity contribution is 5.19. The Hall–Kier alpha value is -0.160. The van der Waals surface area contributed by atoms with Crippen LogP contribution in [0.15, 0.2) is 0 Å². The molecule has 0 radical (unpaired) electrons. The van der Waals surface area contributed by atoms with Crippen LogP contribution in [0.2, 0.25) is 0 Å². The summed E-state index contributed by atoms with van der Waals surface area (Å²) in [5.74, 6) is 0.281. The SMILES string of the molecule is CCC(C12CCC(C(C)(C)C)(C(C)(C)C)CC1OO2)C12CCC(C(C)(C)C)(C(C)(C)C)CC1OO2. The van der Waals surface area contributed by atoms with Crippen molar-refractivity contribution in [3.05, 3.63) is 0 Å². The van der Waals surface area contributed by atoms with Crippen molar-refractivity contribution in [3.63, 3.8) is 0 Å². The molecule has 0 aromatic heterocycles. The minimum atomic E-state index is -0.264. The van der Waals surface area contributed by atoms with E-state index in [1.165, 1.54) is 0 Å². The van der Waals surface area contributed by atoms with Gasteiger partial charge in [0.2, 0.25) is 0 Å². The lowest BCUT2D eigenvalue weighted by Crippen LogP contribution is -2.77. The van der Waals surface area contributed by atoms with Gasteiger partial charge in [0.15, 0.2) is 0 Å². The monoisotopic (exact) mass is 492 g/mol. The molecule has 4 nitrogen and oxygen atoms in total. The molecule has 4 rings (SSSR count). The van der Waals surface area contributed by atoms with Crippen molar-refractivity contribution in [2.24, 2.45) is 38.4 Å². The van der Waals surface area contributed by atoms with Crippen molar-refractivity contribution in [2.45, 2.75) is 158 Å². The van der Waals surface area contributed by atoms with Gasteiger partial charge in [-0.05, 0) is 77.4 Å². The molecule has 0 aromatic carbocycles. The van der Waals surface area contributed by atoms with Gasteiger partial charge in [-0.25, -0.2) is 19.6 Å². The molecule has 0 spiro atoms. The average molecular weight is 493 g/mol. The summed E-state index contributed by atoms with van der Waals surface area (Å²) < 4.78 is 0. The zero-order chi connectivity index (χ0) is 26.5. The van der Waals surface area contributed by atoms with E-state index in [1.54, 1.807) is 0 Å². The highest BCUT2D eigenvalue weighted by Gasteiger charge is 2.74. The van der Waals surface area contributed by atoms with Crippen LogP contribution in [0.5, 0.6) is 0 Å². The van der Waals surface area contributed by atoms with E-state index in [2.05, 4.69) is 90.0 Å². The molecule has 4 aliphatic rings. The van der Waals surface area contributed by atoms with Crippen LogP contribution in [0, 0.1) is 38.4 Å². The Morgan fingerprint density at radius 1 is 0.571 bits per heavy atom. The zero-order valence-electron chi connectivity index (χ0n) is 25.3. The number of hydrogen-bond donors (Lipinski definition) is 0. The van der Waals surface area contributed by atoms with Crippen molar-refractivity contribution in [2.75, 3.05) is 0 Å². The standard InChI is InChI=1S/C31H56O4/c1-14-21(30-17-15-28(24(2,3)4,25(5,6)7)19-22(30)32-34-30)31-18-16-29(26(8,9)10,27(11,12)13)20-23(31)33-35-31/h21-23H,14-20H2,1-13H3. The molecular formula is C31H56O4. The molecule has 35 heavy (non-hydrogen) atoms. The number of rotatable bonds is 3. The predicted molar refractivity (Wildman–Crippen MR) is 142 cm³/mol. The third-order valence-corrected chi connectivity index (χ3v) is 12.0. The highest BCUT2D eigenvalue weighted by atomic mass is 17.3. The van der Waals surface area contributed by atoms with E-state index in [0.29, 0.717) is 0 Å². The molecule has 0 amide bonds. The van der Waals surface area contributed by atoms with Crippen molar-refractivity contribution in [3.8, 4) is 0 Å². The van der Waals surface area contributed by atoms with Crippen LogP contribution in [-0.4, -0.2) is 23.4 Å². The molecular weight excluding hydrogens is 436 g/mol. The first-order chi connectivity index (χ1) is 15.7. The van der Waals surface area contributed by atoms with E-state index < -0.39 is 0 Å². The molecule has 0 bridgehead atoms. The molecule has 2 saturated heterocycles. The fourth-order valence-electron chi connectivity index (χ4n) is 9.95. The molecule has 2 aliphatic carbocycles. The molecule has 4 atom stereocenters. The van der Waals surface area contributed by atoms with Crippen LogP contribution in [0.4, 0.5) is 0 Å². The normalized spacial score (nSPS) is 38.0. The van der Waals surface area contributed by atoms with E-state index >= 15 is 0 Å². The first kappa shape index (κ1) is 27.9. The Morgan fingerprint density at radius 3 is 1.06 bits per heavy atom. The zero-order valence-corrected chi connectivity index (χ0v) is 25.3. The lowest BCUT2D eigenvalue weighted by atomic mass is 9.43. The quantitative estimate of drug-likeness (QED) is 0.369. The molecule has 4 heteroatoms. The molecule has 4 fully saturated rings. The van der Waals surface area contributed by atoms with Crippen molar-refractivity contribution >= 4 is 0 Å². The predicted octanol–water partition coefficient (Wildman–Crippen LogP) is 8.68. The van der Waals surface area contributed by atoms with Gasteiger partial charge in [-0.1, -0.05) is 90.0 Å². The topological polar surface area (TPSA) is 36.9 Å². The molecule has 2 aliphatic heterocycles. The van der Waals surface area contributed by atoms with Crippen LogP contribution in [0.25, 0.3) is 0 Å². The van der Waals surface area contributed by atoms with E-state index in [-0.39, 0.29) is 61.8 Å². The van der Waals surface area contributed by atoms with Crippen molar-refractivity contribution in [1.29, 1.82) is 0 Å².